The fourth-order valence-electron chi connectivity index (χ4n) is 2.57. The van der Waals surface area contributed by atoms with Gasteiger partial charge in [0.2, 0.25) is 0 Å². The highest BCUT2D eigenvalue weighted by Gasteiger charge is 2.13. The Morgan fingerprint density at radius 2 is 1.81 bits per heavy atom. The summed E-state index contributed by atoms with van der Waals surface area (Å²) in [6.07, 6.45) is 14.0. The zero-order valence-corrected chi connectivity index (χ0v) is 9.45. The van der Waals surface area contributed by atoms with Gasteiger partial charge in [-0.15, -0.1) is 0 Å². The van der Waals surface area contributed by atoms with Gasteiger partial charge in [-0.1, -0.05) is 48.6 Å². The van der Waals surface area contributed by atoms with Gasteiger partial charge in [-0.2, -0.15) is 0 Å². The van der Waals surface area contributed by atoms with E-state index in [2.05, 4.69) is 48.6 Å². The number of benzene rings is 1. The first-order valence-electron chi connectivity index (χ1n) is 6.11. The lowest BCUT2D eigenvalue weighted by atomic mass is 9.95. The molecule has 2 aliphatic carbocycles. The van der Waals surface area contributed by atoms with E-state index in [1.54, 1.807) is 0 Å². The van der Waals surface area contributed by atoms with Crippen LogP contribution in [0.4, 0.5) is 0 Å². The van der Waals surface area contributed by atoms with Crippen LogP contribution in [0.1, 0.15) is 30.4 Å². The van der Waals surface area contributed by atoms with Gasteiger partial charge in [0.15, 0.2) is 0 Å². The smallest absolute Gasteiger partial charge is 0.0149 e. The maximum absolute atomic E-state index is 2.40. The summed E-state index contributed by atoms with van der Waals surface area (Å²) in [6, 6.07) is 8.83. The summed E-state index contributed by atoms with van der Waals surface area (Å²) in [5.74, 6) is 0. The maximum Gasteiger partial charge on any atom is -0.0149 e. The number of aryl methyl sites for hydroxylation is 1. The number of fused-ring (bicyclic) bond motifs is 3. The van der Waals surface area contributed by atoms with Crippen molar-refractivity contribution < 1.29 is 0 Å². The molecule has 0 amide bonds. The van der Waals surface area contributed by atoms with Crippen molar-refractivity contribution in [3.63, 3.8) is 0 Å². The molecule has 0 aliphatic heterocycles. The van der Waals surface area contributed by atoms with Gasteiger partial charge in [0.25, 0.3) is 0 Å². The molecule has 2 aliphatic rings. The first-order valence-corrected chi connectivity index (χ1v) is 6.11. The Bertz CT molecular complexity index is 487. The molecule has 0 saturated carbocycles. The van der Waals surface area contributed by atoms with Crippen LogP contribution >= 0.6 is 0 Å². The molecule has 16 heavy (non-hydrogen) atoms. The molecule has 0 heteroatoms. The van der Waals surface area contributed by atoms with Crippen molar-refractivity contribution in [2.24, 2.45) is 0 Å². The van der Waals surface area contributed by atoms with Crippen LogP contribution in [0.25, 0.3) is 5.57 Å². The third-order valence-corrected chi connectivity index (χ3v) is 3.38. The summed E-state index contributed by atoms with van der Waals surface area (Å²) < 4.78 is 0. The number of rotatable bonds is 0. The normalized spacial score (nSPS) is 18.8. The molecule has 80 valence electrons. The molecule has 0 atom stereocenters. The lowest BCUT2D eigenvalue weighted by Crippen LogP contribution is -1.91. The van der Waals surface area contributed by atoms with Crippen LogP contribution < -0.4 is 0 Å². The van der Waals surface area contributed by atoms with Crippen molar-refractivity contribution in [2.75, 3.05) is 0 Å². The van der Waals surface area contributed by atoms with Crippen molar-refractivity contribution >= 4 is 5.57 Å². The summed E-state index contributed by atoms with van der Waals surface area (Å²) in [4.78, 5) is 0. The Morgan fingerprint density at radius 3 is 2.81 bits per heavy atom. The Kier molecular flexibility index (Phi) is 2.49. The van der Waals surface area contributed by atoms with E-state index >= 15 is 0 Å². The van der Waals surface area contributed by atoms with E-state index in [4.69, 9.17) is 0 Å². The van der Waals surface area contributed by atoms with E-state index in [1.807, 2.05) is 0 Å². The second-order valence-electron chi connectivity index (χ2n) is 4.45. The van der Waals surface area contributed by atoms with Crippen LogP contribution in [0.15, 0.2) is 54.1 Å². The fourth-order valence-corrected chi connectivity index (χ4v) is 2.57. The molecule has 0 unspecified atom stereocenters. The largest absolute Gasteiger partial charge is 0.0836 e. The maximum atomic E-state index is 2.40. The summed E-state index contributed by atoms with van der Waals surface area (Å²) >= 11 is 0. The minimum absolute atomic E-state index is 1.16. The molecule has 3 rings (SSSR count). The molecule has 1 aromatic rings. The van der Waals surface area contributed by atoms with E-state index in [1.165, 1.54) is 35.1 Å². The quantitative estimate of drug-likeness (QED) is 0.596. The molecule has 0 heterocycles. The molecular formula is C16H16. The molecule has 0 bridgehead atoms. The first-order chi connectivity index (χ1) is 7.95. The van der Waals surface area contributed by atoms with E-state index in [0.29, 0.717) is 0 Å². The Labute approximate surface area is 97.0 Å². The van der Waals surface area contributed by atoms with Gasteiger partial charge in [-0.3, -0.25) is 0 Å². The molecule has 0 saturated heterocycles. The van der Waals surface area contributed by atoms with E-state index in [0.717, 1.165) is 12.8 Å². The molecule has 0 nitrogen and oxygen atoms in total. The topological polar surface area (TPSA) is 0 Å². The summed E-state index contributed by atoms with van der Waals surface area (Å²) in [6.45, 7) is 0. The number of allylic oxidation sites excluding steroid dienone is 6. The molecule has 0 radical (unpaired) electrons. The lowest BCUT2D eigenvalue weighted by Gasteiger charge is -2.10. The molecule has 0 fully saturated rings. The van der Waals surface area contributed by atoms with Gasteiger partial charge >= 0.3 is 0 Å². The molecule has 0 spiro atoms. The van der Waals surface area contributed by atoms with Crippen LogP contribution in [0.5, 0.6) is 0 Å². The van der Waals surface area contributed by atoms with E-state index < -0.39 is 0 Å². The van der Waals surface area contributed by atoms with Gasteiger partial charge in [-0.05, 0) is 48.0 Å². The molecule has 0 aromatic heterocycles. The van der Waals surface area contributed by atoms with Crippen LogP contribution in [0.3, 0.4) is 0 Å². The second kappa shape index (κ2) is 4.13. The van der Waals surface area contributed by atoms with Crippen molar-refractivity contribution in [1.82, 2.24) is 0 Å². The predicted octanol–water partition coefficient (Wildman–Crippen LogP) is 4.29. The first kappa shape index (κ1) is 9.65. The highest BCUT2D eigenvalue weighted by molar-refractivity contribution is 5.84. The van der Waals surface area contributed by atoms with Crippen LogP contribution in [-0.2, 0) is 6.42 Å². The highest BCUT2D eigenvalue weighted by Crippen LogP contribution is 2.33. The zero-order valence-electron chi connectivity index (χ0n) is 9.45. The third kappa shape index (κ3) is 1.65. The monoisotopic (exact) mass is 208 g/mol. The van der Waals surface area contributed by atoms with Crippen LogP contribution in [0, 0.1) is 0 Å². The van der Waals surface area contributed by atoms with Crippen molar-refractivity contribution in [3.8, 4) is 0 Å². The number of hydrogen-bond acceptors (Lipinski definition) is 0. The SMILES string of the molecule is C1=CC2=CCCc3ccccc3C2=CCC1. The second-order valence-corrected chi connectivity index (χ2v) is 4.45. The van der Waals surface area contributed by atoms with Gasteiger partial charge in [0.1, 0.15) is 0 Å². The Morgan fingerprint density at radius 1 is 0.875 bits per heavy atom. The van der Waals surface area contributed by atoms with Crippen molar-refractivity contribution in [3.05, 3.63) is 65.3 Å². The molecule has 0 N–H and O–H groups in total. The minimum Gasteiger partial charge on any atom is -0.0836 e. The summed E-state index contributed by atoms with van der Waals surface area (Å²) in [5.41, 5.74) is 5.80. The molecule has 1 aromatic carbocycles. The number of hydrogen-bond donors (Lipinski definition) is 0. The Balaban J connectivity index is 2.18. The third-order valence-electron chi connectivity index (χ3n) is 3.38. The van der Waals surface area contributed by atoms with Crippen LogP contribution in [0.2, 0.25) is 0 Å². The lowest BCUT2D eigenvalue weighted by molar-refractivity contribution is 1.00. The van der Waals surface area contributed by atoms with Crippen molar-refractivity contribution in [1.29, 1.82) is 0 Å². The van der Waals surface area contributed by atoms with E-state index in [-0.39, 0.29) is 0 Å². The average Bonchev–Trinajstić information content (AvgIpc) is 2.62. The van der Waals surface area contributed by atoms with Crippen molar-refractivity contribution in [2.45, 2.75) is 25.7 Å². The van der Waals surface area contributed by atoms with E-state index in [9.17, 15) is 0 Å². The summed E-state index contributed by atoms with van der Waals surface area (Å²) in [5, 5.41) is 0. The minimum atomic E-state index is 1.16. The highest BCUT2D eigenvalue weighted by atomic mass is 14.2. The Hall–Kier alpha value is -1.56. The summed E-state index contributed by atoms with van der Waals surface area (Å²) in [7, 11) is 0. The van der Waals surface area contributed by atoms with Gasteiger partial charge in [-0.25, -0.2) is 0 Å². The average molecular weight is 208 g/mol. The predicted molar refractivity (Wildman–Crippen MR) is 69.2 cm³/mol. The van der Waals surface area contributed by atoms with Gasteiger partial charge in [0.05, 0.1) is 0 Å². The van der Waals surface area contributed by atoms with Crippen LogP contribution in [-0.4, -0.2) is 0 Å². The molecular weight excluding hydrogens is 192 g/mol. The van der Waals surface area contributed by atoms with Gasteiger partial charge in [0, 0.05) is 0 Å². The fraction of sp³-hybridized carbons (Fsp3) is 0.250. The van der Waals surface area contributed by atoms with Gasteiger partial charge < -0.3 is 0 Å². The standard InChI is InChI=1S/C16H16/c1-2-7-13-9-6-10-14-8-4-5-12-16(14)15(13)11-3-1/h2,4-5,7-9,11-12H,1,3,6,10H2. The zero-order chi connectivity index (χ0) is 10.8.